The first-order chi connectivity index (χ1) is 12.5. The maximum atomic E-state index is 12.8. The highest BCUT2D eigenvalue weighted by Crippen LogP contribution is 2.29. The second-order valence-electron chi connectivity index (χ2n) is 5.80. The van der Waals surface area contributed by atoms with E-state index in [1.165, 1.54) is 12.1 Å². The highest BCUT2D eigenvalue weighted by molar-refractivity contribution is 7.92. The van der Waals surface area contributed by atoms with E-state index in [0.717, 1.165) is 11.1 Å². The number of aromatic amines is 2. The van der Waals surface area contributed by atoms with Crippen LogP contribution in [-0.2, 0) is 10.0 Å². The van der Waals surface area contributed by atoms with E-state index < -0.39 is 10.0 Å². The topological polar surface area (TPSA) is 94.8 Å². The van der Waals surface area contributed by atoms with Gasteiger partial charge in [0.25, 0.3) is 10.0 Å². The van der Waals surface area contributed by atoms with Crippen LogP contribution in [0.2, 0.25) is 0 Å². The largest absolute Gasteiger partial charge is 0.323 e. The number of aromatic nitrogens is 2. The van der Waals surface area contributed by atoms with Gasteiger partial charge in [-0.15, -0.1) is 0 Å². The second-order valence-corrected chi connectivity index (χ2v) is 7.49. The monoisotopic (exact) mass is 365 g/mol. The average molecular weight is 365 g/mol. The first kappa shape index (κ1) is 16.2. The van der Waals surface area contributed by atoms with Crippen LogP contribution >= 0.6 is 0 Å². The minimum absolute atomic E-state index is 0.0723. The van der Waals surface area contributed by atoms with Crippen LogP contribution in [-0.4, -0.2) is 18.4 Å². The SMILES string of the molecule is O=c1[nH]c2ccc(S(=O)(=O)Nc3ccccc3-c3ccccc3)cc2[nH]1. The Morgan fingerprint density at radius 3 is 2.27 bits per heavy atom. The van der Waals surface area contributed by atoms with Crippen LogP contribution in [0, 0.1) is 0 Å². The van der Waals surface area contributed by atoms with Crippen LogP contribution in [0.25, 0.3) is 22.2 Å². The third-order valence-electron chi connectivity index (χ3n) is 4.05. The zero-order valence-corrected chi connectivity index (χ0v) is 14.4. The number of sulfonamides is 1. The van der Waals surface area contributed by atoms with Gasteiger partial charge in [-0.3, -0.25) is 4.72 Å². The van der Waals surface area contributed by atoms with E-state index in [-0.39, 0.29) is 10.6 Å². The minimum Gasteiger partial charge on any atom is -0.306 e. The number of fused-ring (bicyclic) bond motifs is 1. The molecule has 0 saturated heterocycles. The molecular formula is C19H15N3O3S. The van der Waals surface area contributed by atoms with Gasteiger partial charge in [-0.25, -0.2) is 13.2 Å². The number of rotatable bonds is 4. The van der Waals surface area contributed by atoms with E-state index in [1.54, 1.807) is 18.2 Å². The van der Waals surface area contributed by atoms with Crippen molar-refractivity contribution in [2.45, 2.75) is 4.90 Å². The van der Waals surface area contributed by atoms with Gasteiger partial charge in [-0.05, 0) is 29.8 Å². The summed E-state index contributed by atoms with van der Waals surface area (Å²) in [5.41, 5.74) is 2.80. The molecule has 6 nitrogen and oxygen atoms in total. The summed E-state index contributed by atoms with van der Waals surface area (Å²) < 4.78 is 28.3. The van der Waals surface area contributed by atoms with Gasteiger partial charge in [0.1, 0.15) is 0 Å². The summed E-state index contributed by atoms with van der Waals surface area (Å²) >= 11 is 0. The predicted octanol–water partition coefficient (Wildman–Crippen LogP) is 3.32. The summed E-state index contributed by atoms with van der Waals surface area (Å²) in [6, 6.07) is 21.2. The lowest BCUT2D eigenvalue weighted by atomic mass is 10.0. The molecule has 0 bridgehead atoms. The van der Waals surface area contributed by atoms with Crippen molar-refractivity contribution >= 4 is 26.7 Å². The molecule has 7 heteroatoms. The van der Waals surface area contributed by atoms with Crippen molar-refractivity contribution in [3.63, 3.8) is 0 Å². The molecule has 0 aliphatic carbocycles. The van der Waals surface area contributed by atoms with Crippen LogP contribution in [0.4, 0.5) is 5.69 Å². The highest BCUT2D eigenvalue weighted by atomic mass is 32.2. The molecule has 0 unspecified atom stereocenters. The van der Waals surface area contributed by atoms with E-state index in [4.69, 9.17) is 0 Å². The Bertz CT molecular complexity index is 1240. The molecule has 130 valence electrons. The Labute approximate surface area is 149 Å². The summed E-state index contributed by atoms with van der Waals surface area (Å²) in [6.45, 7) is 0. The van der Waals surface area contributed by atoms with E-state index in [1.807, 2.05) is 42.5 Å². The van der Waals surface area contributed by atoms with Crippen molar-refractivity contribution in [1.82, 2.24) is 9.97 Å². The molecule has 3 aromatic carbocycles. The van der Waals surface area contributed by atoms with E-state index >= 15 is 0 Å². The molecule has 1 heterocycles. The standard InChI is InChI=1S/C19H15N3O3S/c23-19-20-17-11-10-14(12-18(17)21-19)26(24,25)22-16-9-5-4-8-15(16)13-6-2-1-3-7-13/h1-12,22H,(H2,20,21,23). The van der Waals surface area contributed by atoms with Crippen molar-refractivity contribution in [3.8, 4) is 11.1 Å². The predicted molar refractivity (Wildman–Crippen MR) is 102 cm³/mol. The molecule has 0 spiro atoms. The van der Waals surface area contributed by atoms with Gasteiger partial charge in [0, 0.05) is 5.56 Å². The number of hydrogen-bond acceptors (Lipinski definition) is 3. The first-order valence-corrected chi connectivity index (χ1v) is 9.40. The van der Waals surface area contributed by atoms with Crippen molar-refractivity contribution in [2.24, 2.45) is 0 Å². The molecule has 0 fully saturated rings. The van der Waals surface area contributed by atoms with Crippen molar-refractivity contribution < 1.29 is 8.42 Å². The zero-order valence-electron chi connectivity index (χ0n) is 13.6. The number of benzene rings is 3. The van der Waals surface area contributed by atoms with Crippen LogP contribution < -0.4 is 10.4 Å². The molecule has 0 aliphatic rings. The number of para-hydroxylation sites is 1. The van der Waals surface area contributed by atoms with Gasteiger partial charge in [-0.1, -0.05) is 48.5 Å². The summed E-state index contributed by atoms with van der Waals surface area (Å²) in [7, 11) is -3.81. The number of H-pyrrole nitrogens is 2. The quantitative estimate of drug-likeness (QED) is 0.518. The molecule has 1 aromatic heterocycles. The lowest BCUT2D eigenvalue weighted by molar-refractivity contribution is 0.601. The summed E-state index contributed by atoms with van der Waals surface area (Å²) in [5, 5.41) is 0. The number of hydrogen-bond donors (Lipinski definition) is 3. The average Bonchev–Trinajstić information content (AvgIpc) is 3.02. The maximum Gasteiger partial charge on any atom is 0.323 e. The molecular weight excluding hydrogens is 350 g/mol. The maximum absolute atomic E-state index is 12.8. The van der Waals surface area contributed by atoms with E-state index in [9.17, 15) is 13.2 Å². The van der Waals surface area contributed by atoms with Crippen molar-refractivity contribution in [1.29, 1.82) is 0 Å². The highest BCUT2D eigenvalue weighted by Gasteiger charge is 2.17. The minimum atomic E-state index is -3.81. The Kier molecular flexibility index (Phi) is 3.85. The smallest absolute Gasteiger partial charge is 0.306 e. The third kappa shape index (κ3) is 3.00. The van der Waals surface area contributed by atoms with Gasteiger partial charge < -0.3 is 9.97 Å². The lowest BCUT2D eigenvalue weighted by Gasteiger charge is -2.13. The fraction of sp³-hybridized carbons (Fsp3) is 0. The van der Waals surface area contributed by atoms with Crippen LogP contribution in [0.1, 0.15) is 0 Å². The molecule has 3 N–H and O–H groups in total. The van der Waals surface area contributed by atoms with Gasteiger partial charge >= 0.3 is 5.69 Å². The summed E-state index contributed by atoms with van der Waals surface area (Å²) in [6.07, 6.45) is 0. The molecule has 0 saturated carbocycles. The molecule has 0 radical (unpaired) electrons. The van der Waals surface area contributed by atoms with Gasteiger partial charge in [0.15, 0.2) is 0 Å². The number of nitrogens with one attached hydrogen (secondary N) is 3. The normalized spacial score (nSPS) is 11.5. The first-order valence-electron chi connectivity index (χ1n) is 7.92. The van der Waals surface area contributed by atoms with E-state index in [2.05, 4.69) is 14.7 Å². The molecule has 4 rings (SSSR count). The fourth-order valence-corrected chi connectivity index (χ4v) is 3.93. The van der Waals surface area contributed by atoms with E-state index in [0.29, 0.717) is 16.7 Å². The molecule has 0 atom stereocenters. The molecule has 4 aromatic rings. The van der Waals surface area contributed by atoms with Gasteiger partial charge in [-0.2, -0.15) is 0 Å². The molecule has 0 aliphatic heterocycles. The van der Waals surface area contributed by atoms with Crippen molar-refractivity contribution in [2.75, 3.05) is 4.72 Å². The van der Waals surface area contributed by atoms with Crippen LogP contribution in [0.5, 0.6) is 0 Å². The van der Waals surface area contributed by atoms with Gasteiger partial charge in [0.05, 0.1) is 21.6 Å². The van der Waals surface area contributed by atoms with Crippen molar-refractivity contribution in [3.05, 3.63) is 83.3 Å². The van der Waals surface area contributed by atoms with Crippen LogP contribution in [0.15, 0.2) is 82.5 Å². The molecule has 26 heavy (non-hydrogen) atoms. The third-order valence-corrected chi connectivity index (χ3v) is 5.42. The Hall–Kier alpha value is -3.32. The van der Waals surface area contributed by atoms with Gasteiger partial charge in [0.2, 0.25) is 0 Å². The lowest BCUT2D eigenvalue weighted by Crippen LogP contribution is -2.13. The summed E-state index contributed by atoms with van der Waals surface area (Å²) in [4.78, 5) is 16.6. The Morgan fingerprint density at radius 1 is 0.769 bits per heavy atom. The number of imidazole rings is 1. The fourth-order valence-electron chi connectivity index (χ4n) is 2.82. The van der Waals surface area contributed by atoms with Crippen LogP contribution in [0.3, 0.4) is 0 Å². The molecule has 0 amide bonds. The zero-order chi connectivity index (χ0) is 18.1. The summed E-state index contributed by atoms with van der Waals surface area (Å²) in [5.74, 6) is 0. The second kappa shape index (κ2) is 6.20. The number of anilines is 1. The Morgan fingerprint density at radius 2 is 1.46 bits per heavy atom. The Balaban J connectivity index is 1.75.